The molecule has 6 rings (SSSR count). The number of nitrogens with two attached hydrogens (primary N) is 2. The number of hydrogen-bond donors (Lipinski definition) is 3. The lowest BCUT2D eigenvalue weighted by Crippen LogP contribution is -2.24. The fraction of sp³-hybridized carbons (Fsp3) is 0.372. The third-order valence-electron chi connectivity index (χ3n) is 9.56. The smallest absolute Gasteiger partial charge is 0.306 e. The standard InChI is InChI=1S/C43H51N11O8S/c1-9-53-29(18-24(3)49-53)39(58)47-41-46-28-20-26(37(44)56)22-32(61-17-13-14-34(55)62-43(5,6)7)35(28)51(41)15-11-12-16-52-36-31(60-8)21-27(38(45)57)23-33(36)63-42(52)48-40(59)30-19-25(4)50-54(30)10-2/h11-12,18-23H,9-10,13-17H2,1-8H3,(H2,44,56)(H2,45,57)(H,46,47,58)/b12-11+,48-42-. The minimum Gasteiger partial charge on any atom is -0.494 e. The van der Waals surface area contributed by atoms with Gasteiger partial charge in [0.1, 0.15) is 39.5 Å². The van der Waals surface area contributed by atoms with Gasteiger partial charge in [-0.25, -0.2) is 4.98 Å². The highest BCUT2D eigenvalue weighted by Gasteiger charge is 2.23. The van der Waals surface area contributed by atoms with E-state index >= 15 is 0 Å². The normalized spacial score (nSPS) is 12.1. The molecule has 0 saturated heterocycles. The van der Waals surface area contributed by atoms with Crippen LogP contribution >= 0.6 is 11.3 Å². The van der Waals surface area contributed by atoms with Gasteiger partial charge in [-0.3, -0.25) is 38.7 Å². The summed E-state index contributed by atoms with van der Waals surface area (Å²) in [6, 6.07) is 9.52. The Morgan fingerprint density at radius 3 is 2.05 bits per heavy atom. The Hall–Kier alpha value is -7.09. The molecule has 63 heavy (non-hydrogen) atoms. The summed E-state index contributed by atoms with van der Waals surface area (Å²) < 4.78 is 24.7. The van der Waals surface area contributed by atoms with Gasteiger partial charge < -0.3 is 34.8 Å². The molecule has 0 bridgehead atoms. The first kappa shape index (κ1) is 45.4. The molecule has 2 aromatic carbocycles. The highest BCUT2D eigenvalue weighted by molar-refractivity contribution is 7.16. The van der Waals surface area contributed by atoms with Crippen molar-refractivity contribution >= 4 is 68.1 Å². The molecule has 19 nitrogen and oxygen atoms in total. The van der Waals surface area contributed by atoms with Crippen molar-refractivity contribution in [3.05, 3.63) is 87.3 Å². The Balaban J connectivity index is 1.41. The number of anilines is 1. The second kappa shape index (κ2) is 18.9. The molecule has 332 valence electrons. The number of thiazole rings is 1. The van der Waals surface area contributed by atoms with Gasteiger partial charge in [0.2, 0.25) is 17.8 Å². The molecule has 6 aromatic rings. The Morgan fingerprint density at radius 2 is 1.43 bits per heavy atom. The van der Waals surface area contributed by atoms with E-state index in [2.05, 4.69) is 20.5 Å². The zero-order valence-corrected chi connectivity index (χ0v) is 37.3. The van der Waals surface area contributed by atoms with Crippen LogP contribution in [0.25, 0.3) is 21.3 Å². The number of benzene rings is 2. The first-order valence-corrected chi connectivity index (χ1v) is 21.1. The minimum absolute atomic E-state index is 0.0824. The van der Waals surface area contributed by atoms with Crippen LogP contribution in [0.4, 0.5) is 5.95 Å². The quantitative estimate of drug-likeness (QED) is 0.0621. The predicted molar refractivity (Wildman–Crippen MR) is 236 cm³/mol. The van der Waals surface area contributed by atoms with E-state index in [1.807, 2.05) is 26.0 Å². The van der Waals surface area contributed by atoms with E-state index in [-0.39, 0.29) is 54.9 Å². The maximum Gasteiger partial charge on any atom is 0.306 e. The summed E-state index contributed by atoms with van der Waals surface area (Å²) >= 11 is 1.19. The summed E-state index contributed by atoms with van der Waals surface area (Å²) in [5.74, 6) is -1.98. The predicted octanol–water partition coefficient (Wildman–Crippen LogP) is 5.06. The Labute approximate surface area is 366 Å². The molecule has 0 aliphatic heterocycles. The van der Waals surface area contributed by atoms with Crippen LogP contribution in [-0.2, 0) is 35.7 Å². The molecule has 4 amide bonds. The van der Waals surface area contributed by atoms with Crippen molar-refractivity contribution in [2.45, 2.75) is 93.1 Å². The average molecular weight is 882 g/mol. The van der Waals surface area contributed by atoms with Crippen LogP contribution in [0.5, 0.6) is 11.5 Å². The van der Waals surface area contributed by atoms with Crippen molar-refractivity contribution < 1.29 is 38.2 Å². The molecule has 0 spiro atoms. The van der Waals surface area contributed by atoms with Crippen LogP contribution in [0.3, 0.4) is 0 Å². The lowest BCUT2D eigenvalue weighted by atomic mass is 10.1. The Morgan fingerprint density at radius 1 is 0.825 bits per heavy atom. The molecule has 0 aliphatic rings. The number of nitrogens with zero attached hydrogens (tertiary/aromatic N) is 8. The Bertz CT molecular complexity index is 2850. The summed E-state index contributed by atoms with van der Waals surface area (Å²) in [6.07, 6.45) is 4.06. The van der Waals surface area contributed by atoms with Crippen molar-refractivity contribution in [2.24, 2.45) is 16.5 Å². The zero-order valence-electron chi connectivity index (χ0n) is 36.5. The van der Waals surface area contributed by atoms with Gasteiger partial charge in [0.25, 0.3) is 11.8 Å². The number of methoxy groups -OCH3 is 1. The van der Waals surface area contributed by atoms with Gasteiger partial charge in [0.05, 0.1) is 35.3 Å². The summed E-state index contributed by atoms with van der Waals surface area (Å²) in [7, 11) is 1.47. The molecule has 0 aliphatic carbocycles. The van der Waals surface area contributed by atoms with Crippen LogP contribution in [0.1, 0.15) is 101 Å². The van der Waals surface area contributed by atoms with E-state index in [1.54, 1.807) is 71.3 Å². The number of primary amides is 2. The number of esters is 1. The van der Waals surface area contributed by atoms with Crippen LogP contribution in [-0.4, -0.2) is 82.6 Å². The third-order valence-corrected chi connectivity index (χ3v) is 10.6. The van der Waals surface area contributed by atoms with Crippen molar-refractivity contribution in [2.75, 3.05) is 19.0 Å². The second-order valence-electron chi connectivity index (χ2n) is 15.5. The van der Waals surface area contributed by atoms with Gasteiger partial charge in [-0.2, -0.15) is 15.2 Å². The molecule has 0 saturated carbocycles. The van der Waals surface area contributed by atoms with E-state index < -0.39 is 29.2 Å². The molecule has 5 N–H and O–H groups in total. The molecule has 4 heterocycles. The number of aromatic nitrogens is 7. The molecule has 20 heteroatoms. The van der Waals surface area contributed by atoms with E-state index in [4.69, 9.17) is 30.7 Å². The molecule has 4 aromatic heterocycles. The van der Waals surface area contributed by atoms with Crippen molar-refractivity contribution in [1.29, 1.82) is 0 Å². The second-order valence-corrected chi connectivity index (χ2v) is 16.5. The number of nitrogens with one attached hydrogen (secondary N) is 1. The van der Waals surface area contributed by atoms with Crippen molar-refractivity contribution in [3.8, 4) is 11.5 Å². The molecular formula is C43H51N11O8S. The van der Waals surface area contributed by atoms with E-state index in [0.717, 1.165) is 0 Å². The van der Waals surface area contributed by atoms with Gasteiger partial charge in [-0.15, -0.1) is 0 Å². The van der Waals surface area contributed by atoms with Gasteiger partial charge in [-0.05, 0) is 91.3 Å². The first-order valence-electron chi connectivity index (χ1n) is 20.2. The number of allylic oxidation sites excluding steroid dienone is 2. The SMILES string of the molecule is CCn1nc(C)cc1C(=O)/N=c1\sc2cc(C(N)=O)cc(OC)c2n1C/C=C/Cn1c(NC(=O)c2cc(C)nn2CC)nc2cc(C(N)=O)cc(OCCCC(=O)OC(C)(C)C)c21. The van der Waals surface area contributed by atoms with Crippen molar-refractivity contribution in [3.63, 3.8) is 0 Å². The molecule has 0 atom stereocenters. The number of carbonyl (C=O) groups is 5. The summed E-state index contributed by atoms with van der Waals surface area (Å²) in [5.41, 5.74) is 14.4. The number of imidazole rings is 1. The number of fused-ring (bicyclic) bond motifs is 2. The van der Waals surface area contributed by atoms with Crippen molar-refractivity contribution in [1.82, 2.24) is 33.7 Å². The van der Waals surface area contributed by atoms with Crippen LogP contribution in [0, 0.1) is 13.8 Å². The highest BCUT2D eigenvalue weighted by atomic mass is 32.1. The summed E-state index contributed by atoms with van der Waals surface area (Å²) in [4.78, 5) is 74.2. The van der Waals surface area contributed by atoms with E-state index in [0.29, 0.717) is 74.1 Å². The van der Waals surface area contributed by atoms with Gasteiger partial charge in [0.15, 0.2) is 4.80 Å². The van der Waals surface area contributed by atoms with Crippen LogP contribution in [0.15, 0.2) is 53.5 Å². The number of ether oxygens (including phenoxy) is 3. The number of amides is 4. The lowest BCUT2D eigenvalue weighted by molar-refractivity contribution is -0.155. The summed E-state index contributed by atoms with van der Waals surface area (Å²) in [6.45, 7) is 14.0. The minimum atomic E-state index is -0.717. The number of rotatable bonds is 17. The van der Waals surface area contributed by atoms with Gasteiger partial charge in [-0.1, -0.05) is 23.5 Å². The fourth-order valence-corrected chi connectivity index (χ4v) is 7.96. The maximum absolute atomic E-state index is 13.8. The monoisotopic (exact) mass is 881 g/mol. The van der Waals surface area contributed by atoms with E-state index in [1.165, 1.54) is 36.6 Å². The molecule has 0 radical (unpaired) electrons. The van der Waals surface area contributed by atoms with Crippen LogP contribution < -0.4 is 31.1 Å². The topological polar surface area (TPSA) is 248 Å². The number of aryl methyl sites for hydroxylation is 4. The van der Waals surface area contributed by atoms with Crippen LogP contribution in [0.2, 0.25) is 0 Å². The molecule has 0 unspecified atom stereocenters. The molecular weight excluding hydrogens is 831 g/mol. The lowest BCUT2D eigenvalue weighted by Gasteiger charge is -2.19. The fourth-order valence-electron chi connectivity index (χ4n) is 6.87. The highest BCUT2D eigenvalue weighted by Crippen LogP contribution is 2.33. The average Bonchev–Trinajstić information content (AvgIpc) is 3.99. The zero-order chi connectivity index (χ0) is 45.7. The van der Waals surface area contributed by atoms with Gasteiger partial charge >= 0.3 is 5.97 Å². The Kier molecular flexibility index (Phi) is 13.6. The first-order chi connectivity index (χ1) is 29.9. The maximum atomic E-state index is 13.8. The number of carbonyl (C=O) groups excluding carboxylic acids is 5. The largest absolute Gasteiger partial charge is 0.494 e. The van der Waals surface area contributed by atoms with Gasteiger partial charge in [0, 0.05) is 43.7 Å². The summed E-state index contributed by atoms with van der Waals surface area (Å²) in [5, 5.41) is 11.7. The number of hydrogen-bond acceptors (Lipinski definition) is 12. The van der Waals surface area contributed by atoms with E-state index in [9.17, 15) is 24.0 Å². The third kappa shape index (κ3) is 10.3. The molecule has 0 fully saturated rings.